The van der Waals surface area contributed by atoms with E-state index < -0.39 is 10.0 Å². The molecule has 0 N–H and O–H groups in total. The summed E-state index contributed by atoms with van der Waals surface area (Å²) in [4.78, 5) is 8.26. The molecule has 0 radical (unpaired) electrons. The van der Waals surface area contributed by atoms with Gasteiger partial charge in [0.25, 0.3) is 10.0 Å². The third-order valence-electron chi connectivity index (χ3n) is 3.56. The number of piperidine rings is 1. The largest absolute Gasteiger partial charge is 0.343 e. The minimum Gasteiger partial charge on any atom is -0.343 e. The van der Waals surface area contributed by atoms with E-state index in [4.69, 9.17) is 4.52 Å². The van der Waals surface area contributed by atoms with Crippen molar-refractivity contribution in [3.63, 3.8) is 0 Å². The van der Waals surface area contributed by atoms with Gasteiger partial charge in [0, 0.05) is 19.0 Å². The molecule has 2 aromatic heterocycles. The van der Waals surface area contributed by atoms with Crippen molar-refractivity contribution in [3.8, 4) is 0 Å². The van der Waals surface area contributed by atoms with Gasteiger partial charge in [-0.2, -0.15) is 9.29 Å². The van der Waals surface area contributed by atoms with Gasteiger partial charge in [-0.3, -0.25) is 0 Å². The molecule has 9 heteroatoms. The Kier molecular flexibility index (Phi) is 3.80. The summed E-state index contributed by atoms with van der Waals surface area (Å²) in [6.45, 7) is 4.46. The number of hydrogen-bond donors (Lipinski definition) is 0. The third kappa shape index (κ3) is 2.72. The van der Waals surface area contributed by atoms with Gasteiger partial charge in [-0.15, -0.1) is 11.3 Å². The van der Waals surface area contributed by atoms with E-state index in [9.17, 15) is 8.42 Å². The zero-order chi connectivity index (χ0) is 15.0. The van der Waals surface area contributed by atoms with Crippen molar-refractivity contribution in [2.24, 2.45) is 0 Å². The molecule has 1 atom stereocenters. The first-order valence-electron chi connectivity index (χ1n) is 6.69. The van der Waals surface area contributed by atoms with Crippen molar-refractivity contribution in [1.29, 1.82) is 0 Å². The van der Waals surface area contributed by atoms with Crippen LogP contribution in [0.2, 0.25) is 0 Å². The topological polar surface area (TPSA) is 89.2 Å². The van der Waals surface area contributed by atoms with Crippen molar-refractivity contribution in [3.05, 3.63) is 22.9 Å². The fourth-order valence-electron chi connectivity index (χ4n) is 2.60. The first-order chi connectivity index (χ1) is 9.98. The molecular formula is C12H16N4O3S2. The fourth-order valence-corrected chi connectivity index (χ4v) is 5.74. The van der Waals surface area contributed by atoms with Crippen LogP contribution in [0.3, 0.4) is 0 Å². The maximum Gasteiger partial charge on any atom is 0.254 e. The lowest BCUT2D eigenvalue weighted by molar-refractivity contribution is 0.302. The highest BCUT2D eigenvalue weighted by Gasteiger charge is 2.34. The van der Waals surface area contributed by atoms with Crippen LogP contribution in [0.15, 0.2) is 15.1 Å². The van der Waals surface area contributed by atoms with E-state index in [1.54, 1.807) is 6.92 Å². The summed E-state index contributed by atoms with van der Waals surface area (Å²) in [5.41, 5.74) is 0.569. The van der Waals surface area contributed by atoms with Gasteiger partial charge in [-0.05, 0) is 26.7 Å². The Morgan fingerprint density at radius 3 is 2.86 bits per heavy atom. The van der Waals surface area contributed by atoms with E-state index in [2.05, 4.69) is 15.1 Å². The van der Waals surface area contributed by atoms with Crippen LogP contribution < -0.4 is 0 Å². The summed E-state index contributed by atoms with van der Waals surface area (Å²) >= 11 is 1.22. The standard InChI is InChI=1S/C12H16N4O3S2/c1-8-12(20-9(2)14-8)21(17,18)16-5-3-4-10(6-16)11-13-7-19-15-11/h7,10H,3-6H2,1-2H3. The Morgan fingerprint density at radius 2 is 2.24 bits per heavy atom. The van der Waals surface area contributed by atoms with E-state index in [-0.39, 0.29) is 5.92 Å². The quantitative estimate of drug-likeness (QED) is 0.852. The molecule has 1 unspecified atom stereocenters. The molecule has 1 aliphatic rings. The summed E-state index contributed by atoms with van der Waals surface area (Å²) in [5, 5.41) is 4.60. The van der Waals surface area contributed by atoms with E-state index in [1.165, 1.54) is 22.0 Å². The SMILES string of the molecule is Cc1nc(C)c(S(=O)(=O)N2CCCC(c3ncon3)C2)s1. The van der Waals surface area contributed by atoms with Gasteiger partial charge < -0.3 is 4.52 Å². The second kappa shape index (κ2) is 5.47. The molecule has 1 aliphatic heterocycles. The molecule has 0 bridgehead atoms. The fraction of sp³-hybridized carbons (Fsp3) is 0.583. The average molecular weight is 328 g/mol. The Hall–Kier alpha value is -1.32. The molecule has 0 amide bonds. The first-order valence-corrected chi connectivity index (χ1v) is 8.94. The normalized spacial score (nSPS) is 20.8. The highest BCUT2D eigenvalue weighted by atomic mass is 32.2. The van der Waals surface area contributed by atoms with Gasteiger partial charge in [0.2, 0.25) is 6.39 Å². The molecule has 0 aromatic carbocycles. The molecule has 2 aromatic rings. The van der Waals surface area contributed by atoms with Crippen LogP contribution in [0.4, 0.5) is 0 Å². The Balaban J connectivity index is 1.87. The number of aryl methyl sites for hydroxylation is 2. The molecule has 0 saturated carbocycles. The molecule has 21 heavy (non-hydrogen) atoms. The smallest absolute Gasteiger partial charge is 0.254 e. The van der Waals surface area contributed by atoms with Crippen LogP contribution in [-0.4, -0.2) is 40.9 Å². The Bertz CT molecular complexity index is 724. The minimum atomic E-state index is -3.49. The summed E-state index contributed by atoms with van der Waals surface area (Å²) in [7, 11) is -3.49. The molecule has 3 rings (SSSR count). The number of hydrogen-bond acceptors (Lipinski definition) is 7. The Labute approximate surface area is 127 Å². The number of thiazole rings is 1. The monoisotopic (exact) mass is 328 g/mol. The lowest BCUT2D eigenvalue weighted by Gasteiger charge is -2.30. The van der Waals surface area contributed by atoms with Crippen LogP contribution in [-0.2, 0) is 10.0 Å². The van der Waals surface area contributed by atoms with Gasteiger partial charge in [-0.25, -0.2) is 13.4 Å². The van der Waals surface area contributed by atoms with E-state index in [0.29, 0.717) is 28.8 Å². The second-order valence-corrected chi connectivity index (χ2v) is 8.43. The van der Waals surface area contributed by atoms with Gasteiger partial charge in [0.05, 0.1) is 10.7 Å². The number of nitrogens with zero attached hydrogens (tertiary/aromatic N) is 4. The second-order valence-electron chi connectivity index (χ2n) is 5.10. The van der Waals surface area contributed by atoms with Gasteiger partial charge in [0.1, 0.15) is 0 Å². The summed E-state index contributed by atoms with van der Waals surface area (Å²) in [6, 6.07) is 0. The Morgan fingerprint density at radius 1 is 1.43 bits per heavy atom. The average Bonchev–Trinajstić information content (AvgIpc) is 3.09. The summed E-state index contributed by atoms with van der Waals surface area (Å²) < 4.78 is 32.1. The number of aromatic nitrogens is 3. The highest BCUT2D eigenvalue weighted by Crippen LogP contribution is 2.31. The van der Waals surface area contributed by atoms with Crippen molar-refractivity contribution in [2.45, 2.75) is 36.8 Å². The van der Waals surface area contributed by atoms with Crippen molar-refractivity contribution >= 4 is 21.4 Å². The van der Waals surface area contributed by atoms with Crippen LogP contribution in [0.1, 0.15) is 35.3 Å². The first kappa shape index (κ1) is 14.6. The lowest BCUT2D eigenvalue weighted by atomic mass is 9.99. The maximum absolute atomic E-state index is 12.8. The molecule has 0 aliphatic carbocycles. The zero-order valence-corrected chi connectivity index (χ0v) is 13.4. The van der Waals surface area contributed by atoms with Gasteiger partial charge in [-0.1, -0.05) is 5.16 Å². The van der Waals surface area contributed by atoms with Crippen LogP contribution in [0, 0.1) is 13.8 Å². The lowest BCUT2D eigenvalue weighted by Crippen LogP contribution is -2.39. The third-order valence-corrected chi connectivity index (χ3v) is 7.09. The predicted molar refractivity (Wildman–Crippen MR) is 76.6 cm³/mol. The molecule has 7 nitrogen and oxygen atoms in total. The van der Waals surface area contributed by atoms with Crippen molar-refractivity contribution < 1.29 is 12.9 Å². The highest BCUT2D eigenvalue weighted by molar-refractivity contribution is 7.91. The molecule has 114 valence electrons. The summed E-state index contributed by atoms with van der Waals surface area (Å²) in [6.07, 6.45) is 2.93. The van der Waals surface area contributed by atoms with Gasteiger partial charge in [0.15, 0.2) is 10.0 Å². The molecule has 3 heterocycles. The number of rotatable bonds is 3. The summed E-state index contributed by atoms with van der Waals surface area (Å²) in [5.74, 6) is 0.564. The molecule has 1 fully saturated rings. The van der Waals surface area contributed by atoms with Crippen molar-refractivity contribution in [2.75, 3.05) is 13.1 Å². The number of sulfonamides is 1. The van der Waals surface area contributed by atoms with Crippen molar-refractivity contribution in [1.82, 2.24) is 19.4 Å². The van der Waals surface area contributed by atoms with Crippen LogP contribution in [0.5, 0.6) is 0 Å². The van der Waals surface area contributed by atoms with Crippen LogP contribution in [0.25, 0.3) is 0 Å². The zero-order valence-electron chi connectivity index (χ0n) is 11.8. The predicted octanol–water partition coefficient (Wildman–Crippen LogP) is 1.71. The van der Waals surface area contributed by atoms with E-state index in [0.717, 1.165) is 17.8 Å². The molecule has 0 spiro atoms. The van der Waals surface area contributed by atoms with Gasteiger partial charge >= 0.3 is 0 Å². The molecule has 1 saturated heterocycles. The maximum atomic E-state index is 12.8. The van der Waals surface area contributed by atoms with E-state index >= 15 is 0 Å². The minimum absolute atomic E-state index is 0.0124. The van der Waals surface area contributed by atoms with E-state index in [1.807, 2.05) is 6.92 Å². The van der Waals surface area contributed by atoms with Crippen LogP contribution >= 0.6 is 11.3 Å². The molecular weight excluding hydrogens is 312 g/mol.